The van der Waals surface area contributed by atoms with Gasteiger partial charge in [0.05, 0.1) is 12.2 Å². The van der Waals surface area contributed by atoms with Crippen LogP contribution in [0.15, 0.2) is 24.3 Å². The molecule has 0 saturated carbocycles. The van der Waals surface area contributed by atoms with E-state index < -0.39 is 0 Å². The second-order valence-electron chi connectivity index (χ2n) is 5.46. The van der Waals surface area contributed by atoms with Gasteiger partial charge in [-0.3, -0.25) is 4.68 Å². The maximum Gasteiger partial charge on any atom is 0.235 e. The molecule has 3 heterocycles. The Balaban J connectivity index is 1.74. The second-order valence-corrected chi connectivity index (χ2v) is 7.37. The fourth-order valence-electron chi connectivity index (χ4n) is 2.55. The first-order chi connectivity index (χ1) is 11.5. The third-order valence-electron chi connectivity index (χ3n) is 3.54. The normalized spacial score (nSPS) is 11.5. The lowest BCUT2D eigenvalue weighted by molar-refractivity contribution is 0.648. The maximum absolute atomic E-state index is 6.08. The molecule has 0 N–H and O–H groups in total. The van der Waals surface area contributed by atoms with Crippen LogP contribution in [-0.2, 0) is 6.54 Å². The number of aromatic nitrogens is 6. The minimum Gasteiger partial charge on any atom is -0.263 e. The summed E-state index contributed by atoms with van der Waals surface area (Å²) in [6.45, 7) is 4.60. The summed E-state index contributed by atoms with van der Waals surface area (Å²) >= 11 is 13.6. The van der Waals surface area contributed by atoms with E-state index in [1.807, 2.05) is 24.6 Å². The van der Waals surface area contributed by atoms with Gasteiger partial charge in [0.2, 0.25) is 4.96 Å². The van der Waals surface area contributed by atoms with Crippen molar-refractivity contribution in [2.45, 2.75) is 20.4 Å². The van der Waals surface area contributed by atoms with Crippen molar-refractivity contribution in [2.75, 3.05) is 0 Å². The van der Waals surface area contributed by atoms with E-state index in [0.29, 0.717) is 22.4 Å². The summed E-state index contributed by atoms with van der Waals surface area (Å²) in [7, 11) is 0. The Kier molecular flexibility index (Phi) is 3.79. The molecule has 0 bridgehead atoms. The zero-order chi connectivity index (χ0) is 16.8. The summed E-state index contributed by atoms with van der Waals surface area (Å²) in [6, 6.07) is 7.31. The van der Waals surface area contributed by atoms with Crippen LogP contribution >= 0.6 is 34.5 Å². The van der Waals surface area contributed by atoms with E-state index >= 15 is 0 Å². The highest BCUT2D eigenvalue weighted by molar-refractivity contribution is 7.16. The van der Waals surface area contributed by atoms with Crippen molar-refractivity contribution in [3.8, 4) is 11.4 Å². The number of halogens is 2. The van der Waals surface area contributed by atoms with E-state index in [9.17, 15) is 0 Å². The molecule has 0 spiro atoms. The van der Waals surface area contributed by atoms with Gasteiger partial charge < -0.3 is 0 Å². The maximum atomic E-state index is 6.08. The lowest BCUT2D eigenvalue weighted by Crippen LogP contribution is -2.04. The monoisotopic (exact) mass is 378 g/mol. The Morgan fingerprint density at radius 3 is 2.42 bits per heavy atom. The molecule has 0 unspecified atom stereocenters. The van der Waals surface area contributed by atoms with Crippen LogP contribution in [0.1, 0.15) is 16.4 Å². The van der Waals surface area contributed by atoms with E-state index in [4.69, 9.17) is 23.2 Å². The molecule has 0 amide bonds. The summed E-state index contributed by atoms with van der Waals surface area (Å²) < 4.78 is 3.64. The fourth-order valence-corrected chi connectivity index (χ4v) is 3.89. The second kappa shape index (κ2) is 5.84. The van der Waals surface area contributed by atoms with E-state index in [1.54, 1.807) is 22.7 Å². The van der Waals surface area contributed by atoms with Gasteiger partial charge in [0.15, 0.2) is 5.82 Å². The summed E-state index contributed by atoms with van der Waals surface area (Å²) in [5.41, 5.74) is 2.87. The van der Waals surface area contributed by atoms with Crippen molar-refractivity contribution in [2.24, 2.45) is 0 Å². The van der Waals surface area contributed by atoms with Gasteiger partial charge in [-0.05, 0) is 38.1 Å². The van der Waals surface area contributed by atoms with Crippen LogP contribution in [0.25, 0.3) is 16.3 Å². The van der Waals surface area contributed by atoms with Crippen molar-refractivity contribution in [3.63, 3.8) is 0 Å². The quantitative estimate of drug-likeness (QED) is 0.539. The minimum absolute atomic E-state index is 0.548. The fraction of sp³-hybridized carbons (Fsp3) is 0.200. The predicted octanol–water partition coefficient (Wildman–Crippen LogP) is 4.02. The standard InChI is InChI=1S/C15H12Cl2N6S/c1-8-3-9(2)22(20-8)7-13-21-23-14(18-19-15(23)24-13)10-4-11(16)6-12(17)5-10/h3-6H,7H2,1-2H3. The lowest BCUT2D eigenvalue weighted by Gasteiger charge is -2.01. The molecule has 1 aromatic carbocycles. The zero-order valence-corrected chi connectivity index (χ0v) is 15.2. The number of aryl methyl sites for hydroxylation is 2. The molecule has 3 aromatic heterocycles. The van der Waals surface area contributed by atoms with Gasteiger partial charge in [-0.15, -0.1) is 10.2 Å². The molecule has 122 valence electrons. The lowest BCUT2D eigenvalue weighted by atomic mass is 10.2. The summed E-state index contributed by atoms with van der Waals surface area (Å²) in [6.07, 6.45) is 0. The zero-order valence-electron chi connectivity index (χ0n) is 12.9. The molecule has 9 heteroatoms. The summed E-state index contributed by atoms with van der Waals surface area (Å²) in [5, 5.41) is 19.5. The van der Waals surface area contributed by atoms with Gasteiger partial charge in [0, 0.05) is 21.3 Å². The molecule has 4 rings (SSSR count). The Morgan fingerprint density at radius 1 is 1.00 bits per heavy atom. The molecule has 0 aliphatic heterocycles. The summed E-state index contributed by atoms with van der Waals surface area (Å²) in [5.74, 6) is 0.616. The Morgan fingerprint density at radius 2 is 1.75 bits per heavy atom. The first-order valence-electron chi connectivity index (χ1n) is 7.18. The number of benzene rings is 1. The predicted molar refractivity (Wildman–Crippen MR) is 94.9 cm³/mol. The van der Waals surface area contributed by atoms with Crippen LogP contribution in [0.3, 0.4) is 0 Å². The molecule has 24 heavy (non-hydrogen) atoms. The SMILES string of the molecule is Cc1cc(C)n(Cc2nn3c(-c4cc(Cl)cc(Cl)c4)nnc3s2)n1. The molecule has 0 fully saturated rings. The average molecular weight is 379 g/mol. The Hall–Kier alpha value is -1.96. The number of rotatable bonds is 3. The van der Waals surface area contributed by atoms with Gasteiger partial charge in [0.1, 0.15) is 5.01 Å². The average Bonchev–Trinajstić information content (AvgIpc) is 3.13. The van der Waals surface area contributed by atoms with Crippen LogP contribution in [0.5, 0.6) is 0 Å². The highest BCUT2D eigenvalue weighted by Gasteiger charge is 2.15. The highest BCUT2D eigenvalue weighted by Crippen LogP contribution is 2.27. The Bertz CT molecular complexity index is 1030. The summed E-state index contributed by atoms with van der Waals surface area (Å²) in [4.78, 5) is 0.720. The van der Waals surface area contributed by atoms with E-state index in [2.05, 4.69) is 20.4 Å². The van der Waals surface area contributed by atoms with Crippen LogP contribution in [-0.4, -0.2) is 29.6 Å². The number of hydrogen-bond acceptors (Lipinski definition) is 5. The third kappa shape index (κ3) is 2.79. The molecular formula is C15H12Cl2N6S. The molecule has 0 saturated heterocycles. The Labute approximate surface area is 151 Å². The van der Waals surface area contributed by atoms with Crippen molar-refractivity contribution in [1.29, 1.82) is 0 Å². The van der Waals surface area contributed by atoms with E-state index in [-0.39, 0.29) is 0 Å². The molecule has 0 atom stereocenters. The van der Waals surface area contributed by atoms with Gasteiger partial charge in [0.25, 0.3) is 0 Å². The van der Waals surface area contributed by atoms with Crippen LogP contribution < -0.4 is 0 Å². The van der Waals surface area contributed by atoms with Gasteiger partial charge >= 0.3 is 0 Å². The van der Waals surface area contributed by atoms with Crippen LogP contribution in [0.4, 0.5) is 0 Å². The molecule has 0 aliphatic carbocycles. The van der Waals surface area contributed by atoms with Crippen molar-refractivity contribution in [1.82, 2.24) is 29.6 Å². The number of nitrogens with zero attached hydrogens (tertiary/aromatic N) is 6. The smallest absolute Gasteiger partial charge is 0.235 e. The number of hydrogen-bond donors (Lipinski definition) is 0. The van der Waals surface area contributed by atoms with Gasteiger partial charge in [-0.2, -0.15) is 14.7 Å². The molecule has 0 aliphatic rings. The highest BCUT2D eigenvalue weighted by atomic mass is 35.5. The van der Waals surface area contributed by atoms with Crippen molar-refractivity contribution in [3.05, 3.63) is 50.7 Å². The minimum atomic E-state index is 0.548. The topological polar surface area (TPSA) is 60.9 Å². The molecular weight excluding hydrogens is 367 g/mol. The van der Waals surface area contributed by atoms with Gasteiger partial charge in [-0.1, -0.05) is 34.5 Å². The first kappa shape index (κ1) is 15.6. The van der Waals surface area contributed by atoms with Crippen LogP contribution in [0, 0.1) is 13.8 Å². The van der Waals surface area contributed by atoms with Crippen LogP contribution in [0.2, 0.25) is 10.0 Å². The third-order valence-corrected chi connectivity index (χ3v) is 4.86. The van der Waals surface area contributed by atoms with Gasteiger partial charge in [-0.25, -0.2) is 0 Å². The molecule has 4 aromatic rings. The molecule has 0 radical (unpaired) electrons. The van der Waals surface area contributed by atoms with Crippen molar-refractivity contribution >= 4 is 39.5 Å². The van der Waals surface area contributed by atoms with E-state index in [1.165, 1.54) is 11.3 Å². The first-order valence-corrected chi connectivity index (χ1v) is 8.75. The van der Waals surface area contributed by atoms with E-state index in [0.717, 1.165) is 26.9 Å². The largest absolute Gasteiger partial charge is 0.263 e. The molecule has 6 nitrogen and oxygen atoms in total. The van der Waals surface area contributed by atoms with Crippen molar-refractivity contribution < 1.29 is 0 Å². The number of fused-ring (bicyclic) bond motifs is 1.